The van der Waals surface area contributed by atoms with E-state index in [4.69, 9.17) is 13.9 Å². The maximum absolute atomic E-state index is 13.7. The Balaban J connectivity index is 1.60. The highest BCUT2D eigenvalue weighted by atomic mass is 16.5. The molecule has 1 unspecified atom stereocenters. The fourth-order valence-corrected chi connectivity index (χ4v) is 4.33. The Kier molecular flexibility index (Phi) is 5.70. The summed E-state index contributed by atoms with van der Waals surface area (Å²) in [4.78, 5) is 31.2. The van der Waals surface area contributed by atoms with E-state index in [2.05, 4.69) is 4.98 Å². The second-order valence-electron chi connectivity index (χ2n) is 8.08. The summed E-state index contributed by atoms with van der Waals surface area (Å²) < 4.78 is 16.4. The van der Waals surface area contributed by atoms with Crippen molar-refractivity contribution in [3.8, 4) is 11.5 Å². The van der Waals surface area contributed by atoms with Gasteiger partial charge in [0.1, 0.15) is 5.75 Å². The Bertz CT molecular complexity index is 1440. The number of furan rings is 1. The second kappa shape index (κ2) is 8.98. The number of ether oxygens (including phenoxy) is 2. The zero-order chi connectivity index (χ0) is 24.5. The summed E-state index contributed by atoms with van der Waals surface area (Å²) in [6, 6.07) is 16.5. The highest BCUT2D eigenvalue weighted by Crippen LogP contribution is 2.40. The van der Waals surface area contributed by atoms with Gasteiger partial charge < -0.3 is 23.9 Å². The lowest BCUT2D eigenvalue weighted by molar-refractivity contribution is -0.378. The van der Waals surface area contributed by atoms with Crippen molar-refractivity contribution in [3.05, 3.63) is 101 Å². The molecule has 1 atom stereocenters. The van der Waals surface area contributed by atoms with Gasteiger partial charge in [-0.15, -0.1) is 0 Å². The first-order chi connectivity index (χ1) is 17.0. The van der Waals surface area contributed by atoms with Crippen LogP contribution in [-0.2, 0) is 11.3 Å². The van der Waals surface area contributed by atoms with E-state index < -0.39 is 23.5 Å². The van der Waals surface area contributed by atoms with Crippen LogP contribution in [0.4, 0.5) is 0 Å². The van der Waals surface area contributed by atoms with Gasteiger partial charge in [0, 0.05) is 22.6 Å². The van der Waals surface area contributed by atoms with Crippen molar-refractivity contribution in [3.63, 3.8) is 0 Å². The van der Waals surface area contributed by atoms with Gasteiger partial charge in [-0.3, -0.25) is 9.59 Å². The van der Waals surface area contributed by atoms with Crippen molar-refractivity contribution in [1.82, 2.24) is 4.90 Å². The van der Waals surface area contributed by atoms with Gasteiger partial charge in [0.2, 0.25) is 11.7 Å². The van der Waals surface area contributed by atoms with Crippen LogP contribution in [0.15, 0.2) is 88.8 Å². The van der Waals surface area contributed by atoms with Crippen LogP contribution < -0.4 is 19.6 Å². The number of rotatable bonds is 7. The molecule has 2 aromatic heterocycles. The minimum absolute atomic E-state index is 0.0333. The van der Waals surface area contributed by atoms with E-state index in [1.54, 1.807) is 74.1 Å². The third kappa shape index (κ3) is 3.89. The molecule has 1 aliphatic rings. The number of aromatic nitrogens is 1. The van der Waals surface area contributed by atoms with E-state index in [9.17, 15) is 14.7 Å². The van der Waals surface area contributed by atoms with Crippen LogP contribution >= 0.6 is 0 Å². The zero-order valence-electron chi connectivity index (χ0n) is 19.1. The van der Waals surface area contributed by atoms with E-state index >= 15 is 0 Å². The molecule has 8 nitrogen and oxygen atoms in total. The lowest BCUT2D eigenvalue weighted by atomic mass is 9.94. The number of hydrogen-bond donors (Lipinski definition) is 0. The third-order valence-electron chi connectivity index (χ3n) is 6.04. The maximum atomic E-state index is 13.7. The molecule has 0 saturated heterocycles. The van der Waals surface area contributed by atoms with E-state index in [0.717, 1.165) is 5.56 Å². The van der Waals surface area contributed by atoms with Crippen molar-refractivity contribution < 1.29 is 33.6 Å². The van der Waals surface area contributed by atoms with Gasteiger partial charge in [0.05, 0.1) is 26.8 Å². The molecule has 0 saturated carbocycles. The zero-order valence-corrected chi connectivity index (χ0v) is 19.1. The SMILES string of the molecule is COc1ccc(C2C(C(=O)c3cc4cccc(OC)c4o3)=C([O-])C(=O)N2Cc2ccc[nH+]c2)cc1. The van der Waals surface area contributed by atoms with Crippen LogP contribution in [0, 0.1) is 0 Å². The number of carbonyl (C=O) groups excluding carboxylic acids is 2. The molecule has 5 rings (SSSR count). The first-order valence-electron chi connectivity index (χ1n) is 10.9. The molecule has 1 amide bonds. The monoisotopic (exact) mass is 470 g/mol. The molecule has 3 heterocycles. The Hall–Kier alpha value is -4.59. The second-order valence-corrected chi connectivity index (χ2v) is 8.08. The molecule has 176 valence electrons. The average molecular weight is 470 g/mol. The topological polar surface area (TPSA) is 106 Å². The average Bonchev–Trinajstić information content (AvgIpc) is 3.44. The lowest BCUT2D eigenvalue weighted by Crippen LogP contribution is -2.32. The molecule has 1 aliphatic heterocycles. The highest BCUT2D eigenvalue weighted by Gasteiger charge is 2.40. The number of fused-ring (bicyclic) bond motifs is 1. The number of hydrogen-bond acceptors (Lipinski definition) is 6. The van der Waals surface area contributed by atoms with E-state index in [1.165, 1.54) is 12.0 Å². The minimum Gasteiger partial charge on any atom is -0.868 e. The number of benzene rings is 2. The summed E-state index contributed by atoms with van der Waals surface area (Å²) in [5.41, 5.74) is 1.64. The number of pyridine rings is 1. The number of aromatic amines is 1. The molecule has 0 spiro atoms. The van der Waals surface area contributed by atoms with E-state index in [-0.39, 0.29) is 17.9 Å². The van der Waals surface area contributed by atoms with Crippen molar-refractivity contribution >= 4 is 22.7 Å². The standard InChI is InChI=1S/C27H22N2O6/c1-33-19-10-8-17(9-11-19)23-22(25(31)27(32)29(23)15-16-5-4-12-28-14-16)24(30)21-13-18-6-3-7-20(34-2)26(18)35-21/h3-14,23,31H,15H2,1-2H3. The van der Waals surface area contributed by atoms with Crippen LogP contribution in [0.2, 0.25) is 0 Å². The molecule has 0 bridgehead atoms. The number of nitrogens with zero attached hydrogens (tertiary/aromatic N) is 1. The quantitative estimate of drug-likeness (QED) is 0.385. The van der Waals surface area contributed by atoms with E-state index in [0.29, 0.717) is 28.0 Å². The van der Waals surface area contributed by atoms with Crippen molar-refractivity contribution in [2.75, 3.05) is 14.2 Å². The summed E-state index contributed by atoms with van der Waals surface area (Å²) in [7, 11) is 3.05. The van der Waals surface area contributed by atoms with E-state index in [1.807, 2.05) is 6.07 Å². The van der Waals surface area contributed by atoms with Crippen LogP contribution in [0.25, 0.3) is 11.0 Å². The largest absolute Gasteiger partial charge is 0.868 e. The molecule has 0 radical (unpaired) electrons. The Morgan fingerprint density at radius 3 is 2.57 bits per heavy atom. The number of H-pyrrole nitrogens is 1. The minimum atomic E-state index is -0.885. The number of methoxy groups -OCH3 is 2. The molecule has 0 aliphatic carbocycles. The van der Waals surface area contributed by atoms with Crippen molar-refractivity contribution in [2.45, 2.75) is 12.6 Å². The fourth-order valence-electron chi connectivity index (χ4n) is 4.33. The Morgan fingerprint density at radius 2 is 1.89 bits per heavy atom. The number of carbonyl (C=O) groups is 2. The smallest absolute Gasteiger partial charge is 0.240 e. The van der Waals surface area contributed by atoms with Gasteiger partial charge in [-0.2, -0.15) is 0 Å². The van der Waals surface area contributed by atoms with Gasteiger partial charge in [-0.1, -0.05) is 24.3 Å². The molecular weight excluding hydrogens is 448 g/mol. The number of para-hydroxylation sites is 1. The number of amides is 1. The molecular formula is C27H22N2O6. The fraction of sp³-hybridized carbons (Fsp3) is 0.148. The first-order valence-corrected chi connectivity index (χ1v) is 10.9. The van der Waals surface area contributed by atoms with Crippen LogP contribution in [-0.4, -0.2) is 30.8 Å². The molecule has 4 aromatic rings. The molecule has 1 N–H and O–H groups in total. The van der Waals surface area contributed by atoms with Gasteiger partial charge in [0.15, 0.2) is 29.5 Å². The summed E-state index contributed by atoms with van der Waals surface area (Å²) in [5.74, 6) is -1.17. The summed E-state index contributed by atoms with van der Waals surface area (Å²) in [6.45, 7) is 0.142. The maximum Gasteiger partial charge on any atom is 0.240 e. The predicted molar refractivity (Wildman–Crippen MR) is 123 cm³/mol. The molecule has 35 heavy (non-hydrogen) atoms. The van der Waals surface area contributed by atoms with Gasteiger partial charge >= 0.3 is 0 Å². The molecule has 2 aromatic carbocycles. The highest BCUT2D eigenvalue weighted by molar-refractivity contribution is 6.15. The first kappa shape index (κ1) is 22.2. The Morgan fingerprint density at radius 1 is 1.09 bits per heavy atom. The van der Waals surface area contributed by atoms with Crippen LogP contribution in [0.1, 0.15) is 27.7 Å². The van der Waals surface area contributed by atoms with Crippen molar-refractivity contribution in [2.24, 2.45) is 0 Å². The molecule has 0 fully saturated rings. The number of nitrogens with one attached hydrogen (secondary N) is 1. The van der Waals surface area contributed by atoms with Gasteiger partial charge in [-0.05, 0) is 41.7 Å². The number of ketones is 1. The Labute approximate surface area is 201 Å². The van der Waals surface area contributed by atoms with Gasteiger partial charge in [-0.25, -0.2) is 4.98 Å². The number of Topliss-reactive ketones (excluding diaryl/α,β-unsaturated/α-hetero) is 1. The third-order valence-corrected chi connectivity index (χ3v) is 6.04. The van der Waals surface area contributed by atoms with Crippen molar-refractivity contribution in [1.29, 1.82) is 0 Å². The summed E-state index contributed by atoms with van der Waals surface area (Å²) in [5, 5.41) is 13.9. The van der Waals surface area contributed by atoms with Gasteiger partial charge in [0.25, 0.3) is 0 Å². The van der Waals surface area contributed by atoms with Crippen LogP contribution in [0.3, 0.4) is 0 Å². The summed E-state index contributed by atoms with van der Waals surface area (Å²) in [6.07, 6.45) is 3.49. The summed E-state index contributed by atoms with van der Waals surface area (Å²) >= 11 is 0. The lowest BCUT2D eigenvalue weighted by Gasteiger charge is -2.27. The predicted octanol–water partition coefficient (Wildman–Crippen LogP) is 2.84. The normalized spacial score (nSPS) is 15.7. The van der Waals surface area contributed by atoms with Crippen LogP contribution in [0.5, 0.6) is 11.5 Å². The molecule has 8 heteroatoms.